The SMILES string of the molecule is S=C=S.S=c1sc2c(s1)SCCSCCSCCSCCS2.S=c1sc2c(s1)SCCSCCSCCSCCS2. The van der Waals surface area contributed by atoms with Gasteiger partial charge in [-0.1, -0.05) is 24.4 Å². The van der Waals surface area contributed by atoms with Gasteiger partial charge >= 0.3 is 0 Å². The second-order valence-electron chi connectivity index (χ2n) is 7.21. The lowest BCUT2D eigenvalue weighted by molar-refractivity contribution is 1.45. The van der Waals surface area contributed by atoms with E-state index in [4.69, 9.17) is 24.4 Å². The summed E-state index contributed by atoms with van der Waals surface area (Å²) in [6, 6.07) is 0. The number of hydrogen-bond acceptors (Lipinski definition) is 18. The van der Waals surface area contributed by atoms with E-state index in [0.29, 0.717) is 0 Å². The van der Waals surface area contributed by atoms with Crippen molar-refractivity contribution < 1.29 is 0 Å². The Bertz CT molecular complexity index is 914. The highest BCUT2D eigenvalue weighted by Gasteiger charge is 2.10. The third kappa shape index (κ3) is 21.8. The Kier molecular flexibility index (Phi) is 29.5. The van der Waals surface area contributed by atoms with E-state index >= 15 is 0 Å². The minimum absolute atomic E-state index is 1.09. The monoisotopic (exact) mass is 884 g/mol. The van der Waals surface area contributed by atoms with Gasteiger partial charge < -0.3 is 0 Å². The molecule has 18 heteroatoms. The lowest BCUT2D eigenvalue weighted by atomic mass is 10.9. The van der Waals surface area contributed by atoms with Crippen LogP contribution in [0.15, 0.2) is 16.8 Å². The zero-order chi connectivity index (χ0) is 29.4. The highest BCUT2D eigenvalue weighted by atomic mass is 32.2. The Morgan fingerprint density at radius 2 is 0.512 bits per heavy atom. The maximum absolute atomic E-state index is 5.35. The second kappa shape index (κ2) is 29.2. The van der Waals surface area contributed by atoms with Crippen LogP contribution in [0.25, 0.3) is 0 Å². The molecular formula is C23H32S18. The fraction of sp³-hybridized carbons (Fsp3) is 0.696. The highest BCUT2D eigenvalue weighted by molar-refractivity contribution is 8.09. The summed E-state index contributed by atoms with van der Waals surface area (Å²) < 4.78 is 9.96. The summed E-state index contributed by atoms with van der Waals surface area (Å²) in [6.45, 7) is 0. The van der Waals surface area contributed by atoms with E-state index in [2.05, 4.69) is 95.0 Å². The average Bonchev–Trinajstić information content (AvgIpc) is 3.49. The van der Waals surface area contributed by atoms with Crippen LogP contribution in [0.4, 0.5) is 0 Å². The van der Waals surface area contributed by atoms with Crippen LogP contribution in [-0.4, -0.2) is 96.4 Å². The number of thioether (sulfide) groups is 10. The van der Waals surface area contributed by atoms with Crippen molar-refractivity contribution in [3.63, 3.8) is 0 Å². The molecule has 0 saturated carbocycles. The number of fused-ring (bicyclic) bond motifs is 2. The standard InChI is InChI=1S/2C11H16S8.CS2/c2*12-11-18-9-10(19-11)17-8-6-15-4-2-13-1-3-14-5-7-16-9;2-1-3/h2*1-8H2;. The molecule has 2 aliphatic heterocycles. The lowest BCUT2D eigenvalue weighted by Gasteiger charge is -2.02. The van der Waals surface area contributed by atoms with Gasteiger partial charge in [0.2, 0.25) is 0 Å². The summed E-state index contributed by atoms with van der Waals surface area (Å²) in [6.07, 6.45) is 0. The van der Waals surface area contributed by atoms with Crippen molar-refractivity contribution in [3.8, 4) is 0 Å². The van der Waals surface area contributed by atoms with Crippen LogP contribution < -0.4 is 0 Å². The Morgan fingerprint density at radius 3 is 0.707 bits per heavy atom. The van der Waals surface area contributed by atoms with E-state index in [-0.39, 0.29) is 0 Å². The van der Waals surface area contributed by atoms with Crippen molar-refractivity contribution in [1.29, 1.82) is 0 Å². The third-order valence-electron chi connectivity index (χ3n) is 4.37. The van der Waals surface area contributed by atoms with Crippen LogP contribution in [0, 0.1) is 6.28 Å². The van der Waals surface area contributed by atoms with E-state index in [1.54, 1.807) is 0 Å². The second-order valence-corrected chi connectivity index (χ2v) is 27.1. The molecule has 0 nitrogen and oxygen atoms in total. The van der Waals surface area contributed by atoms with Crippen LogP contribution in [-0.2, 0) is 0 Å². The molecule has 0 bridgehead atoms. The van der Waals surface area contributed by atoms with Crippen LogP contribution in [0.2, 0.25) is 0 Å². The van der Waals surface area contributed by atoms with Gasteiger partial charge in [-0.05, 0) is 24.4 Å². The minimum atomic E-state index is 1.09. The molecular weight excluding hydrogens is 853 g/mol. The first-order chi connectivity index (χ1) is 20.1. The molecule has 0 aliphatic carbocycles. The highest BCUT2D eigenvalue weighted by Crippen LogP contribution is 2.42. The van der Waals surface area contributed by atoms with Crippen molar-refractivity contribution in [1.82, 2.24) is 0 Å². The van der Waals surface area contributed by atoms with Gasteiger partial charge in [-0.3, -0.25) is 0 Å². The quantitative estimate of drug-likeness (QED) is 0.231. The Morgan fingerprint density at radius 1 is 0.341 bits per heavy atom. The molecule has 0 spiro atoms. The molecule has 0 radical (unpaired) electrons. The van der Waals surface area contributed by atoms with E-state index in [1.807, 2.05) is 96.7 Å². The van der Waals surface area contributed by atoms with Crippen molar-refractivity contribution >= 4 is 216 Å². The van der Waals surface area contributed by atoms with Gasteiger partial charge in [-0.2, -0.15) is 70.6 Å². The fourth-order valence-corrected chi connectivity index (χ4v) is 22.0. The van der Waals surface area contributed by atoms with Crippen molar-refractivity contribution in [2.45, 2.75) is 16.8 Å². The normalized spacial score (nSPS) is 18.9. The van der Waals surface area contributed by atoms with Crippen molar-refractivity contribution in [2.75, 3.05) is 92.0 Å². The average molecular weight is 886 g/mol. The summed E-state index contributed by atoms with van der Waals surface area (Å²) in [5.41, 5.74) is 0. The number of rotatable bonds is 0. The van der Waals surface area contributed by atoms with Crippen LogP contribution in [0.5, 0.6) is 0 Å². The molecule has 2 aliphatic rings. The molecule has 0 unspecified atom stereocenters. The Hall–Kier alpha value is 4.26. The predicted octanol–water partition coefficient (Wildman–Crippen LogP) is 12.9. The lowest BCUT2D eigenvalue weighted by Crippen LogP contribution is -1.93. The Labute approximate surface area is 326 Å². The molecule has 0 amide bonds. The summed E-state index contributed by atoms with van der Waals surface area (Å²) in [5, 5.41) is 0. The van der Waals surface area contributed by atoms with Gasteiger partial charge in [0.05, 0.1) is 16.8 Å². The maximum atomic E-state index is 5.35. The zero-order valence-electron chi connectivity index (χ0n) is 22.2. The Balaban J connectivity index is 0.000000262. The molecule has 41 heavy (non-hydrogen) atoms. The predicted molar refractivity (Wildman–Crippen MR) is 233 cm³/mol. The van der Waals surface area contributed by atoms with Crippen LogP contribution >= 0.6 is 212 Å². The molecule has 2 aromatic rings. The van der Waals surface area contributed by atoms with Crippen molar-refractivity contribution in [3.05, 3.63) is 6.28 Å². The zero-order valence-corrected chi connectivity index (χ0v) is 36.9. The van der Waals surface area contributed by atoms with E-state index in [1.165, 1.54) is 109 Å². The largest absolute Gasteiger partial charge is 0.160 e. The van der Waals surface area contributed by atoms with Crippen LogP contribution in [0.3, 0.4) is 0 Å². The smallest absolute Gasteiger partial charge is 0.145 e. The molecule has 0 atom stereocenters. The van der Waals surface area contributed by atoms with Crippen molar-refractivity contribution in [2.24, 2.45) is 0 Å². The van der Waals surface area contributed by atoms with E-state index < -0.39 is 0 Å². The summed E-state index contributed by atoms with van der Waals surface area (Å²) in [7, 11) is 0. The molecule has 0 saturated heterocycles. The topological polar surface area (TPSA) is 0 Å². The molecule has 4 rings (SSSR count). The van der Waals surface area contributed by atoms with Gasteiger partial charge in [0.25, 0.3) is 0 Å². The van der Waals surface area contributed by atoms with Gasteiger partial charge in [0, 0.05) is 96.4 Å². The summed E-state index contributed by atoms with van der Waals surface area (Å²) >= 11 is 46.5. The van der Waals surface area contributed by atoms with Gasteiger partial charge in [0.15, 0.2) is 0 Å². The first-order valence-corrected chi connectivity index (χ1v) is 28.2. The molecule has 232 valence electrons. The summed E-state index contributed by atoms with van der Waals surface area (Å²) in [4.78, 5) is 0. The fourth-order valence-electron chi connectivity index (χ4n) is 2.72. The van der Waals surface area contributed by atoms with E-state index in [0.717, 1.165) is 6.28 Å². The first kappa shape index (κ1) is 41.4. The molecule has 2 aromatic heterocycles. The molecule has 0 aromatic carbocycles. The maximum Gasteiger partial charge on any atom is 0.145 e. The van der Waals surface area contributed by atoms with E-state index in [9.17, 15) is 0 Å². The molecule has 0 N–H and O–H groups in total. The third-order valence-corrected chi connectivity index (χ3v) is 23.5. The van der Waals surface area contributed by atoms with Crippen LogP contribution in [0.1, 0.15) is 0 Å². The minimum Gasteiger partial charge on any atom is -0.160 e. The van der Waals surface area contributed by atoms with Gasteiger partial charge in [0.1, 0.15) is 6.28 Å². The number of thiocarbonyl (C=S) groups is 2. The summed E-state index contributed by atoms with van der Waals surface area (Å²) in [5.74, 6) is 20.4. The first-order valence-electron chi connectivity index (χ1n) is 12.4. The molecule has 4 heterocycles. The van der Waals surface area contributed by atoms with Gasteiger partial charge in [-0.15, -0.1) is 92.4 Å². The molecule has 0 fully saturated rings. The number of hydrogen-bond donors (Lipinski definition) is 0. The van der Waals surface area contributed by atoms with Gasteiger partial charge in [-0.25, -0.2) is 0 Å².